The van der Waals surface area contributed by atoms with Gasteiger partial charge in [0.25, 0.3) is 11.5 Å². The van der Waals surface area contributed by atoms with Crippen LogP contribution in [0.4, 0.5) is 0 Å². The molecular formula is C20H16N4O2S2. The van der Waals surface area contributed by atoms with Gasteiger partial charge in [0.05, 0.1) is 21.1 Å². The van der Waals surface area contributed by atoms with Crippen LogP contribution in [0.3, 0.4) is 0 Å². The number of aryl methyl sites for hydroxylation is 1. The Kier molecular flexibility index (Phi) is 4.66. The molecule has 2 heterocycles. The lowest BCUT2D eigenvalue weighted by Crippen LogP contribution is -2.21. The number of nitrogens with one attached hydrogen (secondary N) is 1. The Labute approximate surface area is 168 Å². The minimum Gasteiger partial charge on any atom is -0.332 e. The summed E-state index contributed by atoms with van der Waals surface area (Å²) in [5.41, 5.74) is 1.70. The lowest BCUT2D eigenvalue weighted by atomic mass is 10.1. The zero-order valence-corrected chi connectivity index (χ0v) is 16.6. The summed E-state index contributed by atoms with van der Waals surface area (Å²) in [6.07, 6.45) is 1.61. The number of para-hydroxylation sites is 1. The Balaban J connectivity index is 1.82. The number of benzene rings is 2. The third kappa shape index (κ3) is 3.06. The molecule has 0 atom stereocenters. The minimum absolute atomic E-state index is 0.217. The first-order valence-corrected chi connectivity index (χ1v) is 9.73. The van der Waals surface area contributed by atoms with E-state index in [1.165, 1.54) is 15.9 Å². The van der Waals surface area contributed by atoms with Crippen LogP contribution in [-0.4, -0.2) is 20.0 Å². The molecule has 0 aliphatic rings. The molecule has 1 amide bonds. The average Bonchev–Trinajstić information content (AvgIpc) is 3.00. The molecule has 1 N–H and O–H groups in total. The number of fused-ring (bicyclic) bond motifs is 2. The number of aromatic nitrogens is 3. The molecule has 2 aromatic carbocycles. The quantitative estimate of drug-likeness (QED) is 0.416. The van der Waals surface area contributed by atoms with Crippen molar-refractivity contribution >= 4 is 50.6 Å². The van der Waals surface area contributed by atoms with Gasteiger partial charge in [0.1, 0.15) is 0 Å². The highest BCUT2D eigenvalue weighted by Crippen LogP contribution is 2.16. The molecule has 0 aliphatic heterocycles. The third-order valence-corrected chi connectivity index (χ3v) is 5.89. The van der Waals surface area contributed by atoms with E-state index >= 15 is 0 Å². The zero-order valence-electron chi connectivity index (χ0n) is 15.0. The molecule has 8 heteroatoms. The van der Waals surface area contributed by atoms with E-state index in [2.05, 4.69) is 16.6 Å². The SMILES string of the molecule is C=CCn1c(=S)[nH]c2cc(C(=O)N=c3sc4ccccc4n3C)ccc2c1=O. The van der Waals surface area contributed by atoms with Gasteiger partial charge in [-0.05, 0) is 42.5 Å². The van der Waals surface area contributed by atoms with Crippen molar-refractivity contribution in [1.82, 2.24) is 14.1 Å². The summed E-state index contributed by atoms with van der Waals surface area (Å²) in [6.45, 7) is 3.96. The number of nitrogens with zero attached hydrogens (tertiary/aromatic N) is 3. The molecule has 28 heavy (non-hydrogen) atoms. The number of hydrogen-bond acceptors (Lipinski definition) is 4. The highest BCUT2D eigenvalue weighted by atomic mass is 32.1. The Bertz CT molecular complexity index is 1440. The number of carbonyl (C=O) groups is 1. The van der Waals surface area contributed by atoms with Crippen LogP contribution in [-0.2, 0) is 13.6 Å². The van der Waals surface area contributed by atoms with Crippen LogP contribution in [0.2, 0.25) is 0 Å². The number of aromatic amines is 1. The summed E-state index contributed by atoms with van der Waals surface area (Å²) in [5.74, 6) is -0.376. The van der Waals surface area contributed by atoms with Crippen molar-refractivity contribution < 1.29 is 4.79 Å². The summed E-state index contributed by atoms with van der Waals surface area (Å²) in [5, 5.41) is 0.458. The van der Waals surface area contributed by atoms with Gasteiger partial charge in [-0.3, -0.25) is 14.2 Å². The molecule has 0 spiro atoms. The maximum absolute atomic E-state index is 12.7. The minimum atomic E-state index is -0.376. The van der Waals surface area contributed by atoms with Gasteiger partial charge in [-0.2, -0.15) is 4.99 Å². The molecule has 0 radical (unpaired) electrons. The maximum atomic E-state index is 12.7. The van der Waals surface area contributed by atoms with Gasteiger partial charge in [-0.15, -0.1) is 6.58 Å². The van der Waals surface area contributed by atoms with Gasteiger partial charge in [0.2, 0.25) is 0 Å². The summed E-state index contributed by atoms with van der Waals surface area (Å²) in [7, 11) is 1.88. The second-order valence-electron chi connectivity index (χ2n) is 6.22. The van der Waals surface area contributed by atoms with Crippen LogP contribution in [0.5, 0.6) is 0 Å². The molecule has 0 fully saturated rings. The number of hydrogen-bond donors (Lipinski definition) is 1. The molecule has 140 valence electrons. The van der Waals surface area contributed by atoms with Crippen molar-refractivity contribution in [2.75, 3.05) is 0 Å². The van der Waals surface area contributed by atoms with Crippen molar-refractivity contribution in [3.8, 4) is 0 Å². The van der Waals surface area contributed by atoms with Crippen LogP contribution in [0.25, 0.3) is 21.1 Å². The monoisotopic (exact) mass is 408 g/mol. The van der Waals surface area contributed by atoms with Crippen LogP contribution < -0.4 is 10.4 Å². The highest BCUT2D eigenvalue weighted by molar-refractivity contribution is 7.71. The number of amides is 1. The standard InChI is InChI=1S/C20H16N4O2S2/c1-3-10-24-18(26)13-9-8-12(11-14(13)21-19(24)27)17(25)22-20-23(2)15-6-4-5-7-16(15)28-20/h3-9,11H,1,10H2,2H3,(H,21,27). The molecule has 0 aliphatic carbocycles. The first-order valence-electron chi connectivity index (χ1n) is 8.51. The van der Waals surface area contributed by atoms with Gasteiger partial charge >= 0.3 is 0 Å². The normalized spacial score (nSPS) is 12.0. The first kappa shape index (κ1) is 18.3. The topological polar surface area (TPSA) is 72.2 Å². The molecule has 2 aromatic heterocycles. The van der Waals surface area contributed by atoms with Gasteiger partial charge in [0, 0.05) is 19.2 Å². The average molecular weight is 409 g/mol. The number of H-pyrrole nitrogens is 1. The van der Waals surface area contributed by atoms with Gasteiger partial charge < -0.3 is 9.55 Å². The van der Waals surface area contributed by atoms with Crippen molar-refractivity contribution in [2.45, 2.75) is 6.54 Å². The van der Waals surface area contributed by atoms with Crippen LogP contribution >= 0.6 is 23.6 Å². The molecule has 0 unspecified atom stereocenters. The van der Waals surface area contributed by atoms with Crippen molar-refractivity contribution in [3.63, 3.8) is 0 Å². The number of allylic oxidation sites excluding steroid dienone is 1. The Morgan fingerprint density at radius 1 is 1.32 bits per heavy atom. The van der Waals surface area contributed by atoms with Crippen LogP contribution in [0.1, 0.15) is 10.4 Å². The van der Waals surface area contributed by atoms with E-state index in [4.69, 9.17) is 12.2 Å². The van der Waals surface area contributed by atoms with Crippen molar-refractivity contribution in [1.29, 1.82) is 0 Å². The molecule has 0 saturated heterocycles. The van der Waals surface area contributed by atoms with Crippen LogP contribution in [0, 0.1) is 4.77 Å². The van der Waals surface area contributed by atoms with Crippen molar-refractivity contribution in [2.24, 2.45) is 12.0 Å². The largest absolute Gasteiger partial charge is 0.332 e. The van der Waals surface area contributed by atoms with Crippen LogP contribution in [0.15, 0.2) is 64.9 Å². The Morgan fingerprint density at radius 3 is 2.86 bits per heavy atom. The molecule has 0 bridgehead atoms. The second-order valence-corrected chi connectivity index (χ2v) is 7.62. The fourth-order valence-electron chi connectivity index (χ4n) is 3.02. The molecule has 4 aromatic rings. The van der Waals surface area contributed by atoms with Gasteiger partial charge in [0.15, 0.2) is 9.57 Å². The summed E-state index contributed by atoms with van der Waals surface area (Å²) >= 11 is 6.70. The molecule has 0 saturated carbocycles. The van der Waals surface area contributed by atoms with E-state index < -0.39 is 0 Å². The Hall–Kier alpha value is -3.10. The summed E-state index contributed by atoms with van der Waals surface area (Å²) < 4.78 is 4.66. The fourth-order valence-corrected chi connectivity index (χ4v) is 4.31. The predicted molar refractivity (Wildman–Crippen MR) is 114 cm³/mol. The van der Waals surface area contributed by atoms with Crippen molar-refractivity contribution in [3.05, 3.63) is 80.6 Å². The second kappa shape index (κ2) is 7.14. The van der Waals surface area contributed by atoms with Gasteiger partial charge in [-0.25, -0.2) is 0 Å². The fraction of sp³-hybridized carbons (Fsp3) is 0.100. The molecular weight excluding hydrogens is 392 g/mol. The highest BCUT2D eigenvalue weighted by Gasteiger charge is 2.11. The van der Waals surface area contributed by atoms with E-state index in [9.17, 15) is 9.59 Å². The summed E-state index contributed by atoms with van der Waals surface area (Å²) in [6, 6.07) is 12.7. The first-order chi connectivity index (χ1) is 13.5. The molecule has 4 rings (SSSR count). The van der Waals surface area contributed by atoms with E-state index in [0.29, 0.717) is 27.8 Å². The number of rotatable bonds is 3. The number of carbonyl (C=O) groups excluding carboxylic acids is 1. The molecule has 6 nitrogen and oxygen atoms in total. The lowest BCUT2D eigenvalue weighted by molar-refractivity contribution is 0.0998. The Morgan fingerprint density at radius 2 is 2.11 bits per heavy atom. The van der Waals surface area contributed by atoms with E-state index in [1.54, 1.807) is 24.3 Å². The third-order valence-electron chi connectivity index (χ3n) is 4.45. The van der Waals surface area contributed by atoms with E-state index in [-0.39, 0.29) is 16.2 Å². The lowest BCUT2D eigenvalue weighted by Gasteiger charge is -2.06. The smallest absolute Gasteiger partial charge is 0.279 e. The maximum Gasteiger partial charge on any atom is 0.279 e. The zero-order chi connectivity index (χ0) is 19.8. The van der Waals surface area contributed by atoms with Gasteiger partial charge in [-0.1, -0.05) is 29.5 Å². The van der Waals surface area contributed by atoms with E-state index in [0.717, 1.165) is 10.2 Å². The summed E-state index contributed by atoms with van der Waals surface area (Å²) in [4.78, 5) is 33.2. The predicted octanol–water partition coefficient (Wildman–Crippen LogP) is 3.54. The van der Waals surface area contributed by atoms with E-state index in [1.807, 2.05) is 35.9 Å². The number of thiazole rings is 1.